The fraction of sp³-hybridized carbons (Fsp3) is 0.565. The largest absolute Gasteiger partial charge is 0.486 e. The Bertz CT molecular complexity index is 810. The van der Waals surface area contributed by atoms with Crippen molar-refractivity contribution in [3.05, 3.63) is 29.8 Å². The van der Waals surface area contributed by atoms with Gasteiger partial charge in [-0.15, -0.1) is 0 Å². The second-order valence-corrected chi connectivity index (χ2v) is 9.09. The normalized spacial score (nSPS) is 31.7. The maximum Gasteiger partial charge on any atom is 0.331 e. The van der Waals surface area contributed by atoms with Crippen molar-refractivity contribution < 1.29 is 23.8 Å². The van der Waals surface area contributed by atoms with E-state index in [1.54, 1.807) is 6.08 Å². The molecule has 0 radical (unpaired) electrons. The van der Waals surface area contributed by atoms with Crippen LogP contribution in [0, 0.1) is 17.8 Å². The van der Waals surface area contributed by atoms with Crippen LogP contribution in [0.5, 0.6) is 11.5 Å². The first kappa shape index (κ1) is 18.5. The van der Waals surface area contributed by atoms with E-state index >= 15 is 0 Å². The zero-order chi connectivity index (χ0) is 19.8. The molecule has 1 aliphatic heterocycles. The van der Waals surface area contributed by atoms with E-state index in [0.717, 1.165) is 42.6 Å². The van der Waals surface area contributed by atoms with Gasteiger partial charge in [0.05, 0.1) is 0 Å². The first-order chi connectivity index (χ1) is 14.1. The van der Waals surface area contributed by atoms with E-state index in [-0.39, 0.29) is 18.1 Å². The van der Waals surface area contributed by atoms with Crippen molar-refractivity contribution in [3.63, 3.8) is 0 Å². The van der Waals surface area contributed by atoms with Crippen molar-refractivity contribution in [1.29, 1.82) is 0 Å². The topological polar surface area (TPSA) is 73.9 Å². The molecule has 0 spiro atoms. The Kier molecular flexibility index (Phi) is 4.72. The molecular formula is C23H27NO5. The van der Waals surface area contributed by atoms with Gasteiger partial charge < -0.3 is 19.5 Å². The number of ether oxygens (including phenoxy) is 3. The molecule has 4 bridgehead atoms. The molecule has 6 nitrogen and oxygen atoms in total. The van der Waals surface area contributed by atoms with Gasteiger partial charge in [-0.3, -0.25) is 4.79 Å². The summed E-state index contributed by atoms with van der Waals surface area (Å²) in [5, 5.41) is 3.22. The van der Waals surface area contributed by atoms with Crippen molar-refractivity contribution in [2.75, 3.05) is 19.8 Å². The van der Waals surface area contributed by atoms with Gasteiger partial charge in [0.15, 0.2) is 18.1 Å². The molecule has 4 aliphatic carbocycles. The number of hydrogen-bond donors (Lipinski definition) is 1. The van der Waals surface area contributed by atoms with Crippen LogP contribution in [0.3, 0.4) is 0 Å². The molecule has 0 aromatic heterocycles. The lowest BCUT2D eigenvalue weighted by atomic mass is 9.53. The van der Waals surface area contributed by atoms with Gasteiger partial charge in [-0.2, -0.15) is 0 Å². The molecule has 0 atom stereocenters. The van der Waals surface area contributed by atoms with Crippen LogP contribution in [0.2, 0.25) is 0 Å². The SMILES string of the molecule is O=C(COC(=O)/C=C/c1ccc2c(c1)OCCO2)NC12CC3CC(CC(C3)C1)C2. The highest BCUT2D eigenvalue weighted by molar-refractivity contribution is 5.89. The van der Waals surface area contributed by atoms with Crippen molar-refractivity contribution >= 4 is 18.0 Å². The van der Waals surface area contributed by atoms with Crippen molar-refractivity contribution in [2.45, 2.75) is 44.1 Å². The van der Waals surface area contributed by atoms with Crippen LogP contribution in [0.15, 0.2) is 24.3 Å². The lowest BCUT2D eigenvalue weighted by Crippen LogP contribution is -2.60. The molecule has 0 saturated heterocycles. The maximum absolute atomic E-state index is 12.4. The minimum absolute atomic E-state index is 0.0563. The van der Waals surface area contributed by atoms with Gasteiger partial charge >= 0.3 is 5.97 Å². The predicted octanol–water partition coefficient (Wildman–Crippen LogP) is 3.10. The predicted molar refractivity (Wildman–Crippen MR) is 106 cm³/mol. The molecule has 4 fully saturated rings. The fourth-order valence-corrected chi connectivity index (χ4v) is 6.11. The molecule has 5 aliphatic rings. The summed E-state index contributed by atoms with van der Waals surface area (Å²) in [6, 6.07) is 5.48. The lowest BCUT2D eigenvalue weighted by molar-refractivity contribution is -0.145. The Morgan fingerprint density at radius 2 is 1.69 bits per heavy atom. The van der Waals surface area contributed by atoms with E-state index in [1.165, 1.54) is 25.3 Å². The Labute approximate surface area is 170 Å². The molecule has 1 N–H and O–H groups in total. The molecular weight excluding hydrogens is 370 g/mol. The molecule has 1 aromatic carbocycles. The Morgan fingerprint density at radius 3 is 2.38 bits per heavy atom. The lowest BCUT2D eigenvalue weighted by Gasteiger charge is -2.56. The van der Waals surface area contributed by atoms with Gasteiger partial charge in [0.2, 0.25) is 0 Å². The van der Waals surface area contributed by atoms with E-state index in [0.29, 0.717) is 24.7 Å². The highest BCUT2D eigenvalue weighted by Crippen LogP contribution is 2.55. The van der Waals surface area contributed by atoms with Crippen LogP contribution in [0.4, 0.5) is 0 Å². The molecule has 154 valence electrons. The van der Waals surface area contributed by atoms with E-state index < -0.39 is 5.97 Å². The highest BCUT2D eigenvalue weighted by Gasteiger charge is 2.51. The van der Waals surface area contributed by atoms with Crippen LogP contribution in [-0.4, -0.2) is 37.2 Å². The van der Waals surface area contributed by atoms with Crippen LogP contribution in [-0.2, 0) is 14.3 Å². The average molecular weight is 397 g/mol. The van der Waals surface area contributed by atoms with Gasteiger partial charge in [0, 0.05) is 11.6 Å². The van der Waals surface area contributed by atoms with Crippen LogP contribution >= 0.6 is 0 Å². The van der Waals surface area contributed by atoms with Crippen molar-refractivity contribution in [2.24, 2.45) is 17.8 Å². The maximum atomic E-state index is 12.4. The summed E-state index contributed by atoms with van der Waals surface area (Å²) in [5.74, 6) is 2.95. The third-order valence-electron chi connectivity index (χ3n) is 6.77. The summed E-state index contributed by atoms with van der Waals surface area (Å²) in [6.45, 7) is 0.826. The first-order valence-corrected chi connectivity index (χ1v) is 10.6. The third kappa shape index (κ3) is 3.98. The Hall–Kier alpha value is -2.50. The van der Waals surface area contributed by atoms with Crippen molar-refractivity contribution in [1.82, 2.24) is 5.32 Å². The minimum atomic E-state index is -0.527. The summed E-state index contributed by atoms with van der Waals surface area (Å²) in [6.07, 6.45) is 10.2. The summed E-state index contributed by atoms with van der Waals surface area (Å²) >= 11 is 0. The van der Waals surface area contributed by atoms with Gasteiger partial charge in [0.1, 0.15) is 13.2 Å². The molecule has 1 aromatic rings. The zero-order valence-electron chi connectivity index (χ0n) is 16.5. The number of carbonyl (C=O) groups is 2. The summed E-state index contributed by atoms with van der Waals surface area (Å²) < 4.78 is 16.2. The number of hydrogen-bond acceptors (Lipinski definition) is 5. The monoisotopic (exact) mass is 397 g/mol. The average Bonchev–Trinajstić information content (AvgIpc) is 2.69. The standard InChI is InChI=1S/C23H27NO5/c25-21(24-23-11-16-7-17(12-23)9-18(8-16)13-23)14-29-22(26)4-2-15-1-3-19-20(10-15)28-6-5-27-19/h1-4,10,16-18H,5-9,11-14H2,(H,24,25)/b4-2+. The highest BCUT2D eigenvalue weighted by atomic mass is 16.6. The number of nitrogens with one attached hydrogen (secondary N) is 1. The van der Waals surface area contributed by atoms with Crippen LogP contribution < -0.4 is 14.8 Å². The van der Waals surface area contributed by atoms with E-state index in [9.17, 15) is 9.59 Å². The molecule has 29 heavy (non-hydrogen) atoms. The molecule has 0 unspecified atom stereocenters. The summed E-state index contributed by atoms with van der Waals surface area (Å²) in [4.78, 5) is 24.5. The zero-order valence-corrected chi connectivity index (χ0v) is 16.5. The first-order valence-electron chi connectivity index (χ1n) is 10.6. The van der Waals surface area contributed by atoms with Crippen LogP contribution in [0.25, 0.3) is 6.08 Å². The smallest absolute Gasteiger partial charge is 0.331 e. The number of amides is 1. The molecule has 1 amide bonds. The molecule has 6 heteroatoms. The van der Waals surface area contributed by atoms with E-state index in [4.69, 9.17) is 14.2 Å². The number of rotatable bonds is 5. The van der Waals surface area contributed by atoms with Crippen LogP contribution in [0.1, 0.15) is 44.1 Å². The fourth-order valence-electron chi connectivity index (χ4n) is 6.11. The van der Waals surface area contributed by atoms with Gasteiger partial charge in [-0.1, -0.05) is 6.07 Å². The number of carbonyl (C=O) groups excluding carboxylic acids is 2. The third-order valence-corrected chi connectivity index (χ3v) is 6.77. The molecule has 1 heterocycles. The van der Waals surface area contributed by atoms with E-state index in [2.05, 4.69) is 5.32 Å². The summed E-state index contributed by atoms with van der Waals surface area (Å²) in [7, 11) is 0. The molecule has 4 saturated carbocycles. The van der Waals surface area contributed by atoms with Gasteiger partial charge in [-0.05, 0) is 80.1 Å². The second-order valence-electron chi connectivity index (χ2n) is 9.09. The summed E-state index contributed by atoms with van der Waals surface area (Å²) in [5.41, 5.74) is 0.753. The molecule has 6 rings (SSSR count). The van der Waals surface area contributed by atoms with E-state index in [1.807, 2.05) is 18.2 Å². The quantitative estimate of drug-likeness (QED) is 0.611. The Balaban J connectivity index is 1.12. The minimum Gasteiger partial charge on any atom is -0.486 e. The second kappa shape index (κ2) is 7.39. The van der Waals surface area contributed by atoms with Crippen molar-refractivity contribution in [3.8, 4) is 11.5 Å². The van der Waals surface area contributed by atoms with Gasteiger partial charge in [-0.25, -0.2) is 4.79 Å². The number of benzene rings is 1. The number of esters is 1. The van der Waals surface area contributed by atoms with Gasteiger partial charge in [0.25, 0.3) is 5.91 Å². The Morgan fingerprint density at radius 1 is 1.03 bits per heavy atom. The number of fused-ring (bicyclic) bond motifs is 1.